The van der Waals surface area contributed by atoms with Crippen LogP contribution in [-0.2, 0) is 16.6 Å². The highest BCUT2D eigenvalue weighted by molar-refractivity contribution is 7.89. The Hall–Kier alpha value is -2.63. The van der Waals surface area contributed by atoms with E-state index < -0.39 is 32.4 Å². The van der Waals surface area contributed by atoms with Crippen molar-refractivity contribution < 1.29 is 21.6 Å². The van der Waals surface area contributed by atoms with E-state index in [0.717, 1.165) is 4.31 Å². The lowest BCUT2D eigenvalue weighted by molar-refractivity contribution is 0.428. The van der Waals surface area contributed by atoms with Gasteiger partial charge >= 0.3 is 0 Å². The molecule has 0 saturated heterocycles. The molecule has 2 rings (SSSR count). The van der Waals surface area contributed by atoms with E-state index in [4.69, 9.17) is 5.26 Å². The van der Waals surface area contributed by atoms with Crippen molar-refractivity contribution in [2.24, 2.45) is 0 Å². The summed E-state index contributed by atoms with van der Waals surface area (Å²) in [4.78, 5) is -0.968. The topological polar surface area (TPSA) is 61.2 Å². The first-order valence-corrected chi connectivity index (χ1v) is 8.48. The van der Waals surface area contributed by atoms with Gasteiger partial charge in [0, 0.05) is 19.2 Å². The molecule has 0 aliphatic rings. The van der Waals surface area contributed by atoms with Crippen molar-refractivity contribution in [2.45, 2.75) is 11.4 Å². The third kappa shape index (κ3) is 4.07. The fourth-order valence-corrected chi connectivity index (χ4v) is 3.63. The molecule has 4 nitrogen and oxygen atoms in total. The first kappa shape index (κ1) is 18.7. The zero-order valence-electron chi connectivity index (χ0n) is 12.9. The smallest absolute Gasteiger partial charge is 0.207 e. The van der Waals surface area contributed by atoms with Crippen molar-refractivity contribution in [1.29, 1.82) is 5.26 Å². The minimum atomic E-state index is -4.45. The van der Waals surface area contributed by atoms with E-state index >= 15 is 0 Å². The number of nitriles is 1. The van der Waals surface area contributed by atoms with E-state index in [1.807, 2.05) is 6.07 Å². The molecule has 0 unspecified atom stereocenters. The Bertz CT molecular complexity index is 953. The SMILES string of the molecule is C=CCN(Cc1cccc(C#N)c1)S(=O)(=O)c1cc(F)c(F)cc1F. The van der Waals surface area contributed by atoms with Crippen LogP contribution in [-0.4, -0.2) is 19.3 Å². The highest BCUT2D eigenvalue weighted by Crippen LogP contribution is 2.24. The number of rotatable bonds is 6. The molecule has 8 heteroatoms. The maximum absolute atomic E-state index is 13.9. The van der Waals surface area contributed by atoms with Gasteiger partial charge in [-0.3, -0.25) is 0 Å². The molecule has 0 N–H and O–H groups in total. The number of nitrogens with zero attached hydrogens (tertiary/aromatic N) is 2. The van der Waals surface area contributed by atoms with Crippen molar-refractivity contribution in [3.05, 3.63) is 77.6 Å². The molecule has 0 aliphatic carbocycles. The van der Waals surface area contributed by atoms with E-state index in [1.54, 1.807) is 18.2 Å². The molecule has 25 heavy (non-hydrogen) atoms. The van der Waals surface area contributed by atoms with Gasteiger partial charge in [-0.1, -0.05) is 18.2 Å². The van der Waals surface area contributed by atoms with Crippen molar-refractivity contribution in [3.63, 3.8) is 0 Å². The molecule has 0 radical (unpaired) electrons. The fourth-order valence-electron chi connectivity index (χ4n) is 2.18. The summed E-state index contributed by atoms with van der Waals surface area (Å²) in [5.41, 5.74) is 0.805. The predicted octanol–water partition coefficient (Wildman–Crippen LogP) is 3.35. The van der Waals surface area contributed by atoms with Gasteiger partial charge in [0.1, 0.15) is 10.7 Å². The number of hydrogen-bond acceptors (Lipinski definition) is 3. The second-order valence-corrected chi connectivity index (χ2v) is 7.00. The molecular formula is C17H13F3N2O2S. The molecular weight excluding hydrogens is 353 g/mol. The third-order valence-electron chi connectivity index (χ3n) is 3.34. The molecule has 2 aromatic rings. The highest BCUT2D eigenvalue weighted by atomic mass is 32.2. The number of halogens is 3. The van der Waals surface area contributed by atoms with Gasteiger partial charge in [0.2, 0.25) is 10.0 Å². The molecule has 0 amide bonds. The van der Waals surface area contributed by atoms with Crippen LogP contribution in [0, 0.1) is 28.8 Å². The van der Waals surface area contributed by atoms with Gasteiger partial charge in [-0.25, -0.2) is 21.6 Å². The van der Waals surface area contributed by atoms with Crippen LogP contribution >= 0.6 is 0 Å². The monoisotopic (exact) mass is 366 g/mol. The Kier molecular flexibility index (Phi) is 5.62. The van der Waals surface area contributed by atoms with E-state index in [1.165, 1.54) is 12.1 Å². The van der Waals surface area contributed by atoms with Gasteiger partial charge in [0.05, 0.1) is 11.6 Å². The van der Waals surface area contributed by atoms with Gasteiger partial charge in [0.25, 0.3) is 0 Å². The zero-order chi connectivity index (χ0) is 18.6. The third-order valence-corrected chi connectivity index (χ3v) is 5.17. The number of sulfonamides is 1. The predicted molar refractivity (Wildman–Crippen MR) is 85.3 cm³/mol. The average molecular weight is 366 g/mol. The molecule has 0 saturated carbocycles. The molecule has 2 aromatic carbocycles. The Morgan fingerprint density at radius 3 is 2.44 bits per heavy atom. The number of hydrogen-bond donors (Lipinski definition) is 0. The van der Waals surface area contributed by atoms with Crippen LogP contribution in [0.25, 0.3) is 0 Å². The molecule has 0 fully saturated rings. The summed E-state index contributed by atoms with van der Waals surface area (Å²) < 4.78 is 66.5. The minimum absolute atomic E-state index is 0.183. The van der Waals surface area contributed by atoms with Gasteiger partial charge in [-0.05, 0) is 23.8 Å². The van der Waals surface area contributed by atoms with E-state index in [0.29, 0.717) is 17.2 Å². The first-order chi connectivity index (χ1) is 11.8. The summed E-state index contributed by atoms with van der Waals surface area (Å²) >= 11 is 0. The largest absolute Gasteiger partial charge is 0.246 e. The Morgan fingerprint density at radius 1 is 1.12 bits per heavy atom. The van der Waals surface area contributed by atoms with E-state index in [2.05, 4.69) is 6.58 Å². The molecule has 0 atom stereocenters. The average Bonchev–Trinajstić information content (AvgIpc) is 2.57. The van der Waals surface area contributed by atoms with Gasteiger partial charge < -0.3 is 0 Å². The van der Waals surface area contributed by atoms with Crippen LogP contribution < -0.4 is 0 Å². The lowest BCUT2D eigenvalue weighted by Crippen LogP contribution is -2.31. The number of benzene rings is 2. The quantitative estimate of drug-likeness (QED) is 0.582. The second-order valence-electron chi connectivity index (χ2n) is 5.10. The summed E-state index contributed by atoms with van der Waals surface area (Å²) in [5.74, 6) is -4.34. The van der Waals surface area contributed by atoms with Gasteiger partial charge in [-0.2, -0.15) is 9.57 Å². The van der Waals surface area contributed by atoms with Crippen LogP contribution in [0.4, 0.5) is 13.2 Å². The van der Waals surface area contributed by atoms with Crippen molar-refractivity contribution in [3.8, 4) is 6.07 Å². The van der Waals surface area contributed by atoms with Crippen LogP contribution in [0.1, 0.15) is 11.1 Å². The highest BCUT2D eigenvalue weighted by Gasteiger charge is 2.28. The standard InChI is InChI=1S/C17H13F3N2O2S/c1-2-6-22(11-13-5-3-4-12(7-13)10-21)25(23,24)17-9-15(19)14(18)8-16(17)20/h2-5,7-9H,1,6,11H2. The lowest BCUT2D eigenvalue weighted by atomic mass is 10.1. The summed E-state index contributed by atoms with van der Waals surface area (Å²) in [6, 6.07) is 8.61. The molecule has 0 heterocycles. The van der Waals surface area contributed by atoms with Crippen LogP contribution in [0.15, 0.2) is 53.9 Å². The Morgan fingerprint density at radius 2 is 1.80 bits per heavy atom. The van der Waals surface area contributed by atoms with Crippen LogP contribution in [0.2, 0.25) is 0 Å². The fraction of sp³-hybridized carbons (Fsp3) is 0.118. The van der Waals surface area contributed by atoms with Crippen molar-refractivity contribution in [2.75, 3.05) is 6.54 Å². The van der Waals surface area contributed by atoms with Crippen molar-refractivity contribution >= 4 is 10.0 Å². The van der Waals surface area contributed by atoms with Crippen molar-refractivity contribution in [1.82, 2.24) is 4.31 Å². The second kappa shape index (κ2) is 7.51. The molecule has 0 aliphatic heterocycles. The van der Waals surface area contributed by atoms with E-state index in [9.17, 15) is 21.6 Å². The van der Waals surface area contributed by atoms with Gasteiger partial charge in [0.15, 0.2) is 11.6 Å². The summed E-state index contributed by atoms with van der Waals surface area (Å²) in [6.07, 6.45) is 1.28. The zero-order valence-corrected chi connectivity index (χ0v) is 13.7. The van der Waals surface area contributed by atoms with Crippen LogP contribution in [0.5, 0.6) is 0 Å². The van der Waals surface area contributed by atoms with Crippen LogP contribution in [0.3, 0.4) is 0 Å². The van der Waals surface area contributed by atoms with E-state index in [-0.39, 0.29) is 19.2 Å². The maximum atomic E-state index is 13.9. The summed E-state index contributed by atoms with van der Waals surface area (Å²) in [6.45, 7) is 3.08. The molecule has 0 spiro atoms. The lowest BCUT2D eigenvalue weighted by Gasteiger charge is -2.21. The Labute approximate surface area is 143 Å². The summed E-state index contributed by atoms with van der Waals surface area (Å²) in [7, 11) is -4.45. The molecule has 130 valence electrons. The molecule has 0 aromatic heterocycles. The van der Waals surface area contributed by atoms with Gasteiger partial charge in [-0.15, -0.1) is 6.58 Å². The minimum Gasteiger partial charge on any atom is -0.207 e. The first-order valence-electron chi connectivity index (χ1n) is 7.04. The summed E-state index contributed by atoms with van der Waals surface area (Å²) in [5, 5.41) is 8.91. The maximum Gasteiger partial charge on any atom is 0.246 e. The Balaban J connectivity index is 2.46. The molecule has 0 bridgehead atoms. The normalized spacial score (nSPS) is 11.3.